The van der Waals surface area contributed by atoms with Crippen molar-refractivity contribution in [3.05, 3.63) is 53.1 Å². The third-order valence-corrected chi connectivity index (χ3v) is 2.75. The molecule has 102 valence electrons. The molecule has 0 aromatic carbocycles. The molecule has 0 spiro atoms. The molecule has 1 aromatic rings. The highest BCUT2D eigenvalue weighted by molar-refractivity contribution is 5.41. The van der Waals surface area contributed by atoms with Crippen molar-refractivity contribution in [3.63, 3.8) is 0 Å². The third-order valence-electron chi connectivity index (χ3n) is 2.75. The minimum atomic E-state index is -4.43. The van der Waals surface area contributed by atoms with Crippen LogP contribution < -0.4 is 0 Å². The van der Waals surface area contributed by atoms with Crippen molar-refractivity contribution in [2.24, 2.45) is 0 Å². The maximum Gasteiger partial charge on any atom is 0.433 e. The number of allylic oxidation sites excluding steroid dienone is 6. The zero-order valence-corrected chi connectivity index (χ0v) is 10.3. The molecular weight excluding hydrogens is 257 g/mol. The van der Waals surface area contributed by atoms with Gasteiger partial charge in [-0.25, -0.2) is 0 Å². The lowest BCUT2D eigenvalue weighted by Gasteiger charge is -2.10. The van der Waals surface area contributed by atoms with E-state index in [1.54, 1.807) is 24.3 Å². The Hall–Kier alpha value is -1.98. The highest BCUT2D eigenvalue weighted by Gasteiger charge is 2.35. The molecule has 0 radical (unpaired) electrons. The first-order chi connectivity index (χ1) is 8.88. The zero-order valence-electron chi connectivity index (χ0n) is 10.3. The number of hydrogen-bond acceptors (Lipinski definition) is 2. The lowest BCUT2D eigenvalue weighted by Crippen LogP contribution is -2.15. The topological polar surface area (TPSA) is 38.0 Å². The third kappa shape index (κ3) is 3.07. The minimum Gasteiger partial charge on any atom is -0.512 e. The fourth-order valence-electron chi connectivity index (χ4n) is 1.87. The van der Waals surface area contributed by atoms with Crippen LogP contribution in [0.3, 0.4) is 0 Å². The quantitative estimate of drug-likeness (QED) is 0.853. The van der Waals surface area contributed by atoms with Crippen molar-refractivity contribution in [2.45, 2.75) is 26.1 Å². The van der Waals surface area contributed by atoms with Gasteiger partial charge in [-0.3, -0.25) is 4.68 Å². The molecule has 1 heterocycles. The van der Waals surface area contributed by atoms with E-state index in [4.69, 9.17) is 0 Å². The number of hydrogen-bond donors (Lipinski definition) is 1. The molecule has 1 aliphatic carbocycles. The first-order valence-corrected chi connectivity index (χ1v) is 5.76. The summed E-state index contributed by atoms with van der Waals surface area (Å²) < 4.78 is 39.1. The van der Waals surface area contributed by atoms with Crippen LogP contribution in [-0.2, 0) is 12.7 Å². The molecule has 1 aliphatic rings. The molecule has 0 fully saturated rings. The van der Waals surface area contributed by atoms with E-state index in [2.05, 4.69) is 5.10 Å². The predicted octanol–water partition coefficient (Wildman–Crippen LogP) is 3.54. The van der Waals surface area contributed by atoms with E-state index >= 15 is 0 Å². The van der Waals surface area contributed by atoms with Crippen molar-refractivity contribution in [2.75, 3.05) is 0 Å². The number of nitrogens with zero attached hydrogens (tertiary/aromatic N) is 2. The Bertz CT molecular complexity index is 551. The fraction of sp³-hybridized carbons (Fsp3) is 0.308. The molecule has 19 heavy (non-hydrogen) atoms. The maximum absolute atomic E-state index is 12.7. The number of alkyl halides is 3. The monoisotopic (exact) mass is 270 g/mol. The van der Waals surface area contributed by atoms with E-state index in [0.29, 0.717) is 11.3 Å². The van der Waals surface area contributed by atoms with Crippen molar-refractivity contribution in [3.8, 4) is 0 Å². The summed E-state index contributed by atoms with van der Waals surface area (Å²) >= 11 is 0. The summed E-state index contributed by atoms with van der Waals surface area (Å²) in [6.45, 7) is 1.49. The molecule has 0 atom stereocenters. The van der Waals surface area contributed by atoms with Crippen LogP contribution in [0.4, 0.5) is 13.2 Å². The average molecular weight is 270 g/mol. The van der Waals surface area contributed by atoms with Crippen molar-refractivity contribution in [1.82, 2.24) is 9.78 Å². The summed E-state index contributed by atoms with van der Waals surface area (Å²) in [7, 11) is 0. The molecule has 0 unspecified atom stereocenters. The summed E-state index contributed by atoms with van der Waals surface area (Å²) in [5.41, 5.74) is 0.137. The van der Waals surface area contributed by atoms with Crippen LogP contribution in [-0.4, -0.2) is 14.9 Å². The number of aliphatic hydroxyl groups excluding tert-OH is 1. The summed E-state index contributed by atoms with van der Waals surface area (Å²) in [5, 5.41) is 13.6. The van der Waals surface area contributed by atoms with Crippen LogP contribution in [0.25, 0.3) is 0 Å². The van der Waals surface area contributed by atoms with Gasteiger partial charge in [-0.2, -0.15) is 18.3 Å². The first kappa shape index (κ1) is 13.5. The molecule has 1 N–H and O–H groups in total. The number of aliphatic hydroxyl groups is 1. The number of aromatic nitrogens is 2. The average Bonchev–Trinajstić information content (AvgIpc) is 2.93. The molecule has 2 rings (SSSR count). The molecule has 6 heteroatoms. The summed E-state index contributed by atoms with van der Waals surface area (Å²) in [5.74, 6) is 0.0614. The molecule has 0 bridgehead atoms. The van der Waals surface area contributed by atoms with Gasteiger partial charge in [0, 0.05) is 18.5 Å². The second kappa shape index (κ2) is 4.95. The van der Waals surface area contributed by atoms with Gasteiger partial charge < -0.3 is 5.11 Å². The maximum atomic E-state index is 12.7. The van der Waals surface area contributed by atoms with E-state index in [1.807, 2.05) is 0 Å². The number of rotatable bonds is 3. The summed E-state index contributed by atoms with van der Waals surface area (Å²) in [6.07, 6.45) is 2.59. The number of halogens is 3. The van der Waals surface area contributed by atoms with Crippen molar-refractivity contribution >= 4 is 0 Å². The van der Waals surface area contributed by atoms with Gasteiger partial charge in [0.15, 0.2) is 0 Å². The second-order valence-corrected chi connectivity index (χ2v) is 4.26. The van der Waals surface area contributed by atoms with Gasteiger partial charge in [-0.1, -0.05) is 24.3 Å². The molecule has 3 nitrogen and oxygen atoms in total. The molecule has 1 aromatic heterocycles. The Labute approximate surface area is 108 Å². The highest BCUT2D eigenvalue weighted by Crippen LogP contribution is 2.30. The van der Waals surface area contributed by atoms with E-state index in [0.717, 1.165) is 10.7 Å². The summed E-state index contributed by atoms with van der Waals surface area (Å²) in [6, 6.07) is 1.000. The van der Waals surface area contributed by atoms with Gasteiger partial charge in [0.25, 0.3) is 0 Å². The van der Waals surface area contributed by atoms with Crippen LogP contribution in [0.1, 0.15) is 17.8 Å². The normalized spacial score (nSPS) is 14.4. The van der Waals surface area contributed by atoms with Crippen LogP contribution in [0.5, 0.6) is 0 Å². The Kier molecular flexibility index (Phi) is 3.50. The van der Waals surface area contributed by atoms with Crippen molar-refractivity contribution in [1.29, 1.82) is 0 Å². The Morgan fingerprint density at radius 2 is 1.95 bits per heavy atom. The Balaban J connectivity index is 2.14. The zero-order chi connectivity index (χ0) is 14.0. The van der Waals surface area contributed by atoms with E-state index in [-0.39, 0.29) is 18.7 Å². The van der Waals surface area contributed by atoms with Gasteiger partial charge in [0.2, 0.25) is 0 Å². The lowest BCUT2D eigenvalue weighted by atomic mass is 10.2. The van der Waals surface area contributed by atoms with Gasteiger partial charge in [0.1, 0.15) is 11.5 Å². The first-order valence-electron chi connectivity index (χ1n) is 5.76. The van der Waals surface area contributed by atoms with Crippen LogP contribution >= 0.6 is 0 Å². The SMILES string of the molecule is Cc1cc(C(F)(F)F)n(CCC(O)=C2C=CC=C2)n1. The fourth-order valence-corrected chi connectivity index (χ4v) is 1.87. The van der Waals surface area contributed by atoms with Crippen molar-refractivity contribution < 1.29 is 18.3 Å². The summed E-state index contributed by atoms with van der Waals surface area (Å²) in [4.78, 5) is 0. The lowest BCUT2D eigenvalue weighted by molar-refractivity contribution is -0.144. The highest BCUT2D eigenvalue weighted by atomic mass is 19.4. The predicted molar refractivity (Wildman–Crippen MR) is 64.5 cm³/mol. The molecule has 0 saturated heterocycles. The molecule has 0 saturated carbocycles. The van der Waals surface area contributed by atoms with Crippen LogP contribution in [0.15, 0.2) is 41.7 Å². The van der Waals surface area contributed by atoms with E-state index in [9.17, 15) is 18.3 Å². The smallest absolute Gasteiger partial charge is 0.433 e. The van der Waals surface area contributed by atoms with Crippen LogP contribution in [0.2, 0.25) is 0 Å². The Morgan fingerprint density at radius 1 is 1.32 bits per heavy atom. The van der Waals surface area contributed by atoms with Gasteiger partial charge >= 0.3 is 6.18 Å². The molecule has 0 aliphatic heterocycles. The van der Waals surface area contributed by atoms with Gasteiger partial charge in [0.05, 0.1) is 5.69 Å². The van der Waals surface area contributed by atoms with E-state index in [1.165, 1.54) is 6.92 Å². The minimum absolute atomic E-state index is 0.0142. The number of aryl methyl sites for hydroxylation is 2. The molecule has 0 amide bonds. The van der Waals surface area contributed by atoms with Gasteiger partial charge in [-0.15, -0.1) is 0 Å². The largest absolute Gasteiger partial charge is 0.512 e. The van der Waals surface area contributed by atoms with Crippen LogP contribution in [0, 0.1) is 6.92 Å². The molecular formula is C13H13F3N2O. The van der Waals surface area contributed by atoms with Gasteiger partial charge in [-0.05, 0) is 13.0 Å². The Morgan fingerprint density at radius 3 is 2.53 bits per heavy atom. The van der Waals surface area contributed by atoms with E-state index < -0.39 is 11.9 Å². The standard InChI is InChI=1S/C13H13F3N2O/c1-9-8-12(13(14,15)16)18(17-9)7-6-11(19)10-4-2-3-5-10/h2-5,8,19H,6-7H2,1H3. The second-order valence-electron chi connectivity index (χ2n) is 4.26.